The lowest BCUT2D eigenvalue weighted by atomic mass is 9.83. The third-order valence-electron chi connectivity index (χ3n) is 12.1. The van der Waals surface area contributed by atoms with Crippen LogP contribution in [0.1, 0.15) is 69.5 Å². The van der Waals surface area contributed by atoms with Crippen LogP contribution in [-0.4, -0.2) is 30.9 Å². The van der Waals surface area contributed by atoms with Crippen molar-refractivity contribution in [3.05, 3.63) is 197 Å². The zero-order valence-electron chi connectivity index (χ0n) is 36.3. The highest BCUT2D eigenvalue weighted by Gasteiger charge is 2.27. The molecule has 5 heterocycles. The first-order valence-electron chi connectivity index (χ1n) is 21.5. The molecule has 10 rings (SSSR count). The van der Waals surface area contributed by atoms with Gasteiger partial charge < -0.3 is 15.2 Å². The van der Waals surface area contributed by atoms with Crippen LogP contribution in [0, 0.1) is 0 Å². The van der Waals surface area contributed by atoms with E-state index in [1.54, 1.807) is 0 Å². The molecule has 0 unspecified atom stereocenters. The lowest BCUT2D eigenvalue weighted by Gasteiger charge is -2.23. The quantitative estimate of drug-likeness (QED) is 0.165. The summed E-state index contributed by atoms with van der Waals surface area (Å²) in [4.78, 5) is 19.7. The van der Waals surface area contributed by atoms with Crippen LogP contribution in [-0.2, 0) is 10.8 Å². The van der Waals surface area contributed by atoms with Crippen LogP contribution < -0.4 is 0 Å². The molecule has 8 aromatic rings. The fourth-order valence-corrected chi connectivity index (χ4v) is 8.52. The van der Waals surface area contributed by atoms with E-state index in [1.807, 2.05) is 78.9 Å². The summed E-state index contributed by atoms with van der Waals surface area (Å²) in [6, 6.07) is 51.3. The summed E-state index contributed by atoms with van der Waals surface area (Å²) in [6.07, 6.45) is 4.00. The molecule has 12 bridgehead atoms. The average molecular weight is 821 g/mol. The lowest BCUT2D eigenvalue weighted by Crippen LogP contribution is -2.13. The van der Waals surface area contributed by atoms with Crippen molar-refractivity contribution < 1.29 is 10.2 Å². The van der Waals surface area contributed by atoms with Crippen molar-refractivity contribution in [1.82, 2.24) is 15.0 Å². The number of fused-ring (bicyclic) bond motifs is 16. The Bertz CT molecular complexity index is 3180. The zero-order chi connectivity index (χ0) is 43.6. The number of benzene rings is 5. The largest absolute Gasteiger partial charge is 0.507 e. The molecule has 0 radical (unpaired) electrons. The summed E-state index contributed by atoms with van der Waals surface area (Å²) in [5.41, 5.74) is 15.2. The molecule has 63 heavy (non-hydrogen) atoms. The Labute approximate surface area is 368 Å². The first-order valence-corrected chi connectivity index (χ1v) is 21.5. The number of allylic oxidation sites excluding steroid dienone is 2. The fraction of sp³-hybridized carbons (Fsp3) is 0.140. The van der Waals surface area contributed by atoms with Gasteiger partial charge in [0.05, 0.1) is 34.2 Å². The van der Waals surface area contributed by atoms with Crippen LogP contribution in [0.2, 0.25) is 0 Å². The number of rotatable bonds is 3. The van der Waals surface area contributed by atoms with E-state index in [1.165, 1.54) is 0 Å². The van der Waals surface area contributed by atoms with Gasteiger partial charge in [-0.05, 0) is 123 Å². The van der Waals surface area contributed by atoms with E-state index < -0.39 is 0 Å². The topological polar surface area (TPSA) is 94.4 Å². The maximum absolute atomic E-state index is 12.6. The second-order valence-corrected chi connectivity index (χ2v) is 18.6. The van der Waals surface area contributed by atoms with Gasteiger partial charge in [0.25, 0.3) is 0 Å². The molecule has 6 nitrogen and oxygen atoms in total. The number of aromatic amines is 1. The van der Waals surface area contributed by atoms with Gasteiger partial charge in [0, 0.05) is 39.2 Å². The molecular formula is C57H48N4O2. The number of hydrogen-bond acceptors (Lipinski definition) is 5. The Kier molecular flexibility index (Phi) is 9.48. The molecule has 0 saturated heterocycles. The van der Waals surface area contributed by atoms with Gasteiger partial charge in [0.1, 0.15) is 11.5 Å². The second kappa shape index (κ2) is 15.1. The molecule has 0 atom stereocenters. The van der Waals surface area contributed by atoms with Crippen LogP contribution in [0.25, 0.3) is 73.0 Å². The molecule has 0 fully saturated rings. The highest BCUT2D eigenvalue weighted by atomic mass is 16.3. The van der Waals surface area contributed by atoms with Crippen LogP contribution in [0.15, 0.2) is 175 Å². The Morgan fingerprint density at radius 3 is 1.35 bits per heavy atom. The molecule has 2 aliphatic rings. The number of nitrogens with one attached hydrogen (secondary N) is 1. The summed E-state index contributed by atoms with van der Waals surface area (Å²) >= 11 is 0. The number of aliphatic imine (C=N–C) groups is 1. The van der Waals surface area contributed by atoms with E-state index >= 15 is 0 Å². The van der Waals surface area contributed by atoms with Crippen LogP contribution in [0.4, 0.5) is 0 Å². The number of aromatic hydroxyl groups is 2. The predicted molar refractivity (Wildman–Crippen MR) is 258 cm³/mol. The maximum Gasteiger partial charge on any atom is 0.134 e. The predicted octanol–water partition coefficient (Wildman–Crippen LogP) is 13.9. The van der Waals surface area contributed by atoms with E-state index in [0.717, 1.165) is 61.6 Å². The van der Waals surface area contributed by atoms with Crippen molar-refractivity contribution in [3.63, 3.8) is 0 Å². The van der Waals surface area contributed by atoms with Gasteiger partial charge in [-0.2, -0.15) is 0 Å². The Morgan fingerprint density at radius 1 is 0.413 bits per heavy atom. The summed E-state index contributed by atoms with van der Waals surface area (Å²) in [7, 11) is 0. The summed E-state index contributed by atoms with van der Waals surface area (Å²) in [5, 5.41) is 25.1. The fourth-order valence-electron chi connectivity index (χ4n) is 8.52. The van der Waals surface area contributed by atoms with Crippen LogP contribution in [0.3, 0.4) is 0 Å². The molecule has 3 N–H and O–H groups in total. The van der Waals surface area contributed by atoms with Gasteiger partial charge in [-0.1, -0.05) is 133 Å². The molecule has 308 valence electrons. The van der Waals surface area contributed by atoms with Crippen molar-refractivity contribution in [1.29, 1.82) is 0 Å². The molecule has 5 aromatic carbocycles. The minimum Gasteiger partial charge on any atom is -0.507 e. The summed E-state index contributed by atoms with van der Waals surface area (Å²) in [6.45, 7) is 13.1. The number of phenols is 2. The van der Waals surface area contributed by atoms with E-state index in [0.29, 0.717) is 50.7 Å². The van der Waals surface area contributed by atoms with Crippen molar-refractivity contribution in [3.8, 4) is 78.9 Å². The summed E-state index contributed by atoms with van der Waals surface area (Å²) in [5.74, 6) is 0.218. The molecule has 6 heteroatoms. The van der Waals surface area contributed by atoms with Gasteiger partial charge in [-0.25, -0.2) is 15.0 Å². The van der Waals surface area contributed by atoms with E-state index in [4.69, 9.17) is 15.0 Å². The van der Waals surface area contributed by atoms with Crippen molar-refractivity contribution in [2.75, 3.05) is 0 Å². The molecule has 0 saturated carbocycles. The number of H-pyrrole nitrogens is 1. The van der Waals surface area contributed by atoms with E-state index in [-0.39, 0.29) is 22.3 Å². The van der Waals surface area contributed by atoms with E-state index in [9.17, 15) is 10.2 Å². The number of aromatic nitrogens is 3. The monoisotopic (exact) mass is 820 g/mol. The standard InChI is InChI=1S/C57H48N4O2/c1-56(2,3)39-30-41-45-22-24-47(58-45)53(36-20-14-9-15-21-36)48-25-23-46(59-48)42-31-40(57(4,5)6)33-44(55(42)63)50-27-38(35-18-12-8-13-19-35)29-52(61-50)51-28-37(34-16-10-7-11-17-34)26-49(60-51)43(32-39)54(41)62/h7-33,58,62-63H,1-6H3/b53-48-. The SMILES string of the molecule is CC(C)(C)c1cc2c(O)c(c1)-c1cc(-c3ccccc3)cc(n1)-c1cc(-c3ccccc3)cc(n1)-c1cc(C(C)(C)C)cc(c1O)-c1ccc([nH]1)/C(c1ccccc1)=C1/C=CC2=N1. The van der Waals surface area contributed by atoms with Gasteiger partial charge in [-0.15, -0.1) is 0 Å². The number of pyridine rings is 2. The maximum atomic E-state index is 12.6. The zero-order valence-corrected chi connectivity index (χ0v) is 36.3. The molecule has 0 amide bonds. The third kappa shape index (κ3) is 7.38. The van der Waals surface area contributed by atoms with Gasteiger partial charge in [0.2, 0.25) is 0 Å². The highest BCUT2D eigenvalue weighted by Crippen LogP contribution is 2.45. The molecule has 3 aromatic heterocycles. The molecule has 2 aliphatic heterocycles. The van der Waals surface area contributed by atoms with Crippen molar-refractivity contribution in [2.45, 2.75) is 52.4 Å². The van der Waals surface area contributed by atoms with Gasteiger partial charge >= 0.3 is 0 Å². The smallest absolute Gasteiger partial charge is 0.134 e. The average Bonchev–Trinajstić information content (AvgIpc) is 3.97. The second-order valence-electron chi connectivity index (χ2n) is 18.6. The minimum absolute atomic E-state index is 0.0972. The first kappa shape index (κ1) is 39.6. The number of nitrogens with zero attached hydrogens (tertiary/aromatic N) is 3. The van der Waals surface area contributed by atoms with Crippen LogP contribution in [0.5, 0.6) is 11.5 Å². The lowest BCUT2D eigenvalue weighted by molar-refractivity contribution is 0.474. The summed E-state index contributed by atoms with van der Waals surface area (Å²) < 4.78 is 0. The Balaban J connectivity index is 1.35. The van der Waals surface area contributed by atoms with Gasteiger partial charge in [0.15, 0.2) is 0 Å². The molecule has 0 spiro atoms. The van der Waals surface area contributed by atoms with Crippen LogP contribution >= 0.6 is 0 Å². The third-order valence-corrected chi connectivity index (χ3v) is 12.1. The first-order chi connectivity index (χ1) is 30.3. The molecule has 0 aliphatic carbocycles. The number of phenolic OH excluding ortho intramolecular Hbond substituents is 2. The van der Waals surface area contributed by atoms with Crippen molar-refractivity contribution in [2.24, 2.45) is 4.99 Å². The molecular weight excluding hydrogens is 773 g/mol. The Hall–Kier alpha value is -7.57. The normalized spacial score (nSPS) is 14.5. The Morgan fingerprint density at radius 2 is 0.841 bits per heavy atom. The highest BCUT2D eigenvalue weighted by molar-refractivity contribution is 6.15. The minimum atomic E-state index is -0.272. The van der Waals surface area contributed by atoms with Gasteiger partial charge in [-0.3, -0.25) is 0 Å². The van der Waals surface area contributed by atoms with Crippen molar-refractivity contribution >= 4 is 11.3 Å². The number of hydrogen-bond donors (Lipinski definition) is 3. The van der Waals surface area contributed by atoms with E-state index in [2.05, 4.69) is 131 Å².